The molecule has 1 aromatic carbocycles. The molecular formula is C20H25Cl2N5O2. The number of nitrogens with two attached hydrogens (primary N) is 2. The molecule has 1 aromatic heterocycles. The topological polar surface area (TPSA) is 110 Å². The lowest BCUT2D eigenvalue weighted by Gasteiger charge is -2.33. The van der Waals surface area contributed by atoms with Gasteiger partial charge in [0.15, 0.2) is 5.69 Å². The molecule has 4 N–H and O–H groups in total. The van der Waals surface area contributed by atoms with Crippen molar-refractivity contribution in [3.63, 3.8) is 0 Å². The molecule has 3 rings (SSSR count). The van der Waals surface area contributed by atoms with E-state index in [0.29, 0.717) is 23.9 Å². The number of carbonyl (C=O) groups is 1. The third kappa shape index (κ3) is 4.61. The second kappa shape index (κ2) is 9.88. The molecular weight excluding hydrogens is 413 g/mol. The fourth-order valence-corrected chi connectivity index (χ4v) is 3.83. The molecule has 0 bridgehead atoms. The Kier molecular flexibility index (Phi) is 7.80. The van der Waals surface area contributed by atoms with E-state index < -0.39 is 5.97 Å². The maximum absolute atomic E-state index is 12.7. The molecule has 0 aliphatic carbocycles. The quantitative estimate of drug-likeness (QED) is 0.694. The number of nitrogen functional groups attached to an aromatic ring is 1. The van der Waals surface area contributed by atoms with Gasteiger partial charge in [-0.05, 0) is 31.4 Å². The van der Waals surface area contributed by atoms with Gasteiger partial charge in [0.2, 0.25) is 0 Å². The highest BCUT2D eigenvalue weighted by Crippen LogP contribution is 2.35. The molecule has 29 heavy (non-hydrogen) atoms. The normalized spacial score (nSPS) is 16.1. The molecule has 7 nitrogen and oxygen atoms in total. The first kappa shape index (κ1) is 22.9. The SMILES string of the molecule is CCOC(=O)c1c(N)c(C#N)c(N2CCC[C@@H](N)C2)n1Cc1ccccc1Cl.Cl. The summed E-state index contributed by atoms with van der Waals surface area (Å²) in [4.78, 5) is 14.7. The van der Waals surface area contributed by atoms with E-state index in [4.69, 9.17) is 27.8 Å². The summed E-state index contributed by atoms with van der Waals surface area (Å²) in [7, 11) is 0. The zero-order valence-corrected chi connectivity index (χ0v) is 17.8. The van der Waals surface area contributed by atoms with Crippen molar-refractivity contribution in [2.45, 2.75) is 32.4 Å². The van der Waals surface area contributed by atoms with Gasteiger partial charge in [0.1, 0.15) is 17.5 Å². The number of esters is 1. The van der Waals surface area contributed by atoms with Crippen LogP contribution in [0.15, 0.2) is 24.3 Å². The second-order valence-corrected chi connectivity index (χ2v) is 7.23. The third-order valence-corrected chi connectivity index (χ3v) is 5.27. The first-order valence-electron chi connectivity index (χ1n) is 9.31. The van der Waals surface area contributed by atoms with Gasteiger partial charge in [0.05, 0.1) is 18.8 Å². The predicted molar refractivity (Wildman–Crippen MR) is 117 cm³/mol. The number of piperidine rings is 1. The molecule has 156 valence electrons. The Morgan fingerprint density at radius 1 is 1.41 bits per heavy atom. The van der Waals surface area contributed by atoms with E-state index >= 15 is 0 Å². The van der Waals surface area contributed by atoms with Gasteiger partial charge < -0.3 is 25.7 Å². The van der Waals surface area contributed by atoms with Crippen LogP contribution >= 0.6 is 24.0 Å². The van der Waals surface area contributed by atoms with Crippen molar-refractivity contribution in [2.75, 3.05) is 30.3 Å². The second-order valence-electron chi connectivity index (χ2n) is 6.82. The van der Waals surface area contributed by atoms with E-state index in [9.17, 15) is 10.1 Å². The van der Waals surface area contributed by atoms with Gasteiger partial charge in [-0.15, -0.1) is 12.4 Å². The van der Waals surface area contributed by atoms with Crippen molar-refractivity contribution >= 4 is 41.5 Å². The van der Waals surface area contributed by atoms with Crippen molar-refractivity contribution < 1.29 is 9.53 Å². The lowest BCUT2D eigenvalue weighted by Crippen LogP contribution is -2.44. The maximum Gasteiger partial charge on any atom is 0.357 e. The van der Waals surface area contributed by atoms with E-state index in [2.05, 4.69) is 6.07 Å². The molecule has 0 amide bonds. The number of carbonyl (C=O) groups excluding carboxylic acids is 1. The van der Waals surface area contributed by atoms with Crippen molar-refractivity contribution in [2.24, 2.45) is 5.73 Å². The van der Waals surface area contributed by atoms with Gasteiger partial charge in [-0.3, -0.25) is 0 Å². The standard InChI is InChI=1S/C20H24ClN5O2.ClH/c1-2-28-20(27)18-17(24)15(10-22)19(25-9-5-7-14(23)12-25)26(18)11-13-6-3-4-8-16(13)21;/h3-4,6,8,14H,2,5,7,9,11-12,23-24H2,1H3;1H/t14-;/m1./s1. The molecule has 2 aromatic rings. The van der Waals surface area contributed by atoms with Crippen LogP contribution in [0, 0.1) is 11.3 Å². The van der Waals surface area contributed by atoms with Crippen molar-refractivity contribution in [1.29, 1.82) is 5.26 Å². The summed E-state index contributed by atoms with van der Waals surface area (Å²) >= 11 is 6.35. The Labute approximate surface area is 181 Å². The van der Waals surface area contributed by atoms with Crippen LogP contribution < -0.4 is 16.4 Å². The number of benzene rings is 1. The number of halogens is 2. The number of rotatable bonds is 5. The molecule has 0 spiro atoms. The summed E-state index contributed by atoms with van der Waals surface area (Å²) in [6, 6.07) is 9.54. The van der Waals surface area contributed by atoms with Crippen molar-refractivity contribution in [3.8, 4) is 6.07 Å². The first-order valence-corrected chi connectivity index (χ1v) is 9.68. The average molecular weight is 438 g/mol. The number of anilines is 2. The lowest BCUT2D eigenvalue weighted by atomic mass is 10.1. The van der Waals surface area contributed by atoms with Gasteiger partial charge >= 0.3 is 5.97 Å². The Hall–Kier alpha value is -2.40. The molecule has 9 heteroatoms. The Morgan fingerprint density at radius 3 is 2.76 bits per heavy atom. The van der Waals surface area contributed by atoms with Crippen LogP contribution in [-0.2, 0) is 11.3 Å². The zero-order valence-electron chi connectivity index (χ0n) is 16.2. The van der Waals surface area contributed by atoms with Gasteiger partial charge in [0.25, 0.3) is 0 Å². The van der Waals surface area contributed by atoms with Crippen molar-refractivity contribution in [1.82, 2.24) is 4.57 Å². The summed E-state index contributed by atoms with van der Waals surface area (Å²) in [5.74, 6) is 0.0363. The zero-order chi connectivity index (χ0) is 20.3. The first-order chi connectivity index (χ1) is 13.5. The number of nitrogens with zero attached hydrogens (tertiary/aromatic N) is 3. The lowest BCUT2D eigenvalue weighted by molar-refractivity contribution is 0.0516. The number of aromatic nitrogens is 1. The summed E-state index contributed by atoms with van der Waals surface area (Å²) < 4.78 is 6.95. The monoisotopic (exact) mass is 437 g/mol. The molecule has 1 fully saturated rings. The minimum atomic E-state index is -0.559. The summed E-state index contributed by atoms with van der Waals surface area (Å²) in [6.45, 7) is 3.55. The smallest absolute Gasteiger partial charge is 0.357 e. The summed E-state index contributed by atoms with van der Waals surface area (Å²) in [5, 5.41) is 10.4. The molecule has 1 aliphatic rings. The highest BCUT2D eigenvalue weighted by Gasteiger charge is 2.31. The molecule has 0 radical (unpaired) electrons. The van der Waals surface area contributed by atoms with E-state index in [-0.39, 0.29) is 42.0 Å². The minimum absolute atomic E-state index is 0. The van der Waals surface area contributed by atoms with Crippen molar-refractivity contribution in [3.05, 3.63) is 46.1 Å². The fourth-order valence-electron chi connectivity index (χ4n) is 3.64. The largest absolute Gasteiger partial charge is 0.461 e. The highest BCUT2D eigenvalue weighted by molar-refractivity contribution is 6.31. The summed E-state index contributed by atoms with van der Waals surface area (Å²) in [6.07, 6.45) is 1.82. The number of ether oxygens (including phenoxy) is 1. The van der Waals surface area contributed by atoms with Crippen LogP contribution in [0.4, 0.5) is 11.5 Å². The van der Waals surface area contributed by atoms with Crippen LogP contribution in [0.1, 0.15) is 41.4 Å². The van der Waals surface area contributed by atoms with Crippen LogP contribution in [0.5, 0.6) is 0 Å². The number of hydrogen-bond donors (Lipinski definition) is 2. The number of nitriles is 1. The van der Waals surface area contributed by atoms with Crippen LogP contribution in [0.25, 0.3) is 0 Å². The third-order valence-electron chi connectivity index (χ3n) is 4.90. The van der Waals surface area contributed by atoms with E-state index in [1.165, 1.54) is 0 Å². The van der Waals surface area contributed by atoms with Gasteiger partial charge in [-0.25, -0.2) is 4.79 Å². The minimum Gasteiger partial charge on any atom is -0.461 e. The van der Waals surface area contributed by atoms with Crippen LogP contribution in [-0.4, -0.2) is 36.3 Å². The summed E-state index contributed by atoms with van der Waals surface area (Å²) in [5.41, 5.74) is 13.8. The molecule has 0 unspecified atom stereocenters. The fraction of sp³-hybridized carbons (Fsp3) is 0.400. The van der Waals surface area contributed by atoms with E-state index in [0.717, 1.165) is 24.9 Å². The predicted octanol–water partition coefficient (Wildman–Crippen LogP) is 3.17. The van der Waals surface area contributed by atoms with Crippen LogP contribution in [0.3, 0.4) is 0 Å². The Balaban J connectivity index is 0.00000300. The average Bonchev–Trinajstić information content (AvgIpc) is 2.95. The van der Waals surface area contributed by atoms with Gasteiger partial charge in [-0.1, -0.05) is 29.8 Å². The maximum atomic E-state index is 12.7. The van der Waals surface area contributed by atoms with E-state index in [1.807, 2.05) is 23.1 Å². The molecule has 1 aliphatic heterocycles. The molecule has 1 saturated heterocycles. The molecule has 2 heterocycles. The molecule has 0 saturated carbocycles. The van der Waals surface area contributed by atoms with Gasteiger partial charge in [0, 0.05) is 24.2 Å². The van der Waals surface area contributed by atoms with Crippen LogP contribution in [0.2, 0.25) is 5.02 Å². The molecule has 1 atom stereocenters. The Morgan fingerprint density at radius 2 is 2.14 bits per heavy atom. The Bertz CT molecular complexity index is 922. The van der Waals surface area contributed by atoms with E-state index in [1.54, 1.807) is 17.6 Å². The highest BCUT2D eigenvalue weighted by atomic mass is 35.5. The van der Waals surface area contributed by atoms with Gasteiger partial charge in [-0.2, -0.15) is 5.26 Å². The number of hydrogen-bond acceptors (Lipinski definition) is 6.